The van der Waals surface area contributed by atoms with Gasteiger partial charge in [-0.3, -0.25) is 4.79 Å². The molecule has 0 aliphatic heterocycles. The molecule has 0 spiro atoms. The van der Waals surface area contributed by atoms with Crippen LogP contribution in [0.25, 0.3) is 0 Å². The predicted octanol–water partition coefficient (Wildman–Crippen LogP) is 2.29. The van der Waals surface area contributed by atoms with Crippen LogP contribution in [-0.2, 0) is 6.42 Å². The molecule has 0 radical (unpaired) electrons. The number of hydrogen-bond donors (Lipinski definition) is 1. The first-order chi connectivity index (χ1) is 5.65. The van der Waals surface area contributed by atoms with Crippen LogP contribution in [0.5, 0.6) is 0 Å². The summed E-state index contributed by atoms with van der Waals surface area (Å²) in [5, 5.41) is 0.558. The molecule has 0 aliphatic carbocycles. The van der Waals surface area contributed by atoms with Crippen LogP contribution in [0.15, 0.2) is 10.9 Å². The second-order valence-corrected chi connectivity index (χ2v) is 3.25. The number of aromatic nitrogens is 1. The number of aryl methyl sites for hydroxylation is 1. The number of hydrogen-bond acceptors (Lipinski definition) is 1. The van der Waals surface area contributed by atoms with Gasteiger partial charge < -0.3 is 4.98 Å². The molecule has 0 bridgehead atoms. The SMILES string of the molecule is CCCc1cc(Cl)c(C)c(=O)[nH]1. The van der Waals surface area contributed by atoms with Gasteiger partial charge >= 0.3 is 0 Å². The largest absolute Gasteiger partial charge is 0.326 e. The quantitative estimate of drug-likeness (QED) is 0.754. The maximum absolute atomic E-state index is 11.2. The molecule has 2 nitrogen and oxygen atoms in total. The fourth-order valence-corrected chi connectivity index (χ4v) is 1.27. The highest BCUT2D eigenvalue weighted by Gasteiger charge is 2.01. The van der Waals surface area contributed by atoms with Gasteiger partial charge in [-0.05, 0) is 19.4 Å². The van der Waals surface area contributed by atoms with E-state index in [1.165, 1.54) is 0 Å². The van der Waals surface area contributed by atoms with E-state index in [0.29, 0.717) is 10.6 Å². The molecule has 0 amide bonds. The molecule has 3 heteroatoms. The van der Waals surface area contributed by atoms with Gasteiger partial charge in [0.25, 0.3) is 5.56 Å². The molecular weight excluding hydrogens is 174 g/mol. The minimum Gasteiger partial charge on any atom is -0.326 e. The highest BCUT2D eigenvalue weighted by atomic mass is 35.5. The smallest absolute Gasteiger partial charge is 0.252 e. The molecular formula is C9H12ClNO. The van der Waals surface area contributed by atoms with Crippen molar-refractivity contribution in [1.29, 1.82) is 0 Å². The molecule has 0 atom stereocenters. The zero-order valence-electron chi connectivity index (χ0n) is 7.28. The van der Waals surface area contributed by atoms with Gasteiger partial charge in [0.2, 0.25) is 0 Å². The van der Waals surface area contributed by atoms with Crippen molar-refractivity contribution in [2.24, 2.45) is 0 Å². The summed E-state index contributed by atoms with van der Waals surface area (Å²) >= 11 is 5.83. The number of aromatic amines is 1. The van der Waals surface area contributed by atoms with Crippen molar-refractivity contribution >= 4 is 11.6 Å². The second-order valence-electron chi connectivity index (χ2n) is 2.85. The first-order valence-electron chi connectivity index (χ1n) is 4.03. The summed E-state index contributed by atoms with van der Waals surface area (Å²) in [5.41, 5.74) is 1.43. The van der Waals surface area contributed by atoms with Crippen LogP contribution in [0.2, 0.25) is 5.02 Å². The Bertz CT molecular complexity index is 330. The fraction of sp³-hybridized carbons (Fsp3) is 0.444. The summed E-state index contributed by atoms with van der Waals surface area (Å²) in [6.45, 7) is 3.78. The number of pyridine rings is 1. The number of halogens is 1. The van der Waals surface area contributed by atoms with E-state index in [4.69, 9.17) is 11.6 Å². The molecule has 1 aromatic heterocycles. The normalized spacial score (nSPS) is 10.2. The first-order valence-corrected chi connectivity index (χ1v) is 4.41. The van der Waals surface area contributed by atoms with E-state index in [1.54, 1.807) is 6.92 Å². The molecule has 1 N–H and O–H groups in total. The van der Waals surface area contributed by atoms with Crippen molar-refractivity contribution in [1.82, 2.24) is 4.98 Å². The summed E-state index contributed by atoms with van der Waals surface area (Å²) in [6, 6.07) is 1.82. The van der Waals surface area contributed by atoms with Crippen molar-refractivity contribution in [3.8, 4) is 0 Å². The molecule has 0 fully saturated rings. The average molecular weight is 186 g/mol. The zero-order valence-corrected chi connectivity index (χ0v) is 8.03. The van der Waals surface area contributed by atoms with Gasteiger partial charge in [-0.2, -0.15) is 0 Å². The Labute approximate surface area is 76.6 Å². The van der Waals surface area contributed by atoms with Crippen LogP contribution in [0.3, 0.4) is 0 Å². The lowest BCUT2D eigenvalue weighted by molar-refractivity contribution is 0.872. The van der Waals surface area contributed by atoms with Crippen LogP contribution in [0, 0.1) is 6.92 Å². The first kappa shape index (κ1) is 9.33. The monoisotopic (exact) mass is 185 g/mol. The zero-order chi connectivity index (χ0) is 9.14. The molecule has 0 aromatic carbocycles. The molecule has 0 saturated carbocycles. The highest BCUT2D eigenvalue weighted by molar-refractivity contribution is 6.31. The number of rotatable bonds is 2. The van der Waals surface area contributed by atoms with Crippen LogP contribution < -0.4 is 5.56 Å². The van der Waals surface area contributed by atoms with Crippen LogP contribution >= 0.6 is 11.6 Å². The molecule has 1 heterocycles. The minimum absolute atomic E-state index is 0.0778. The Hall–Kier alpha value is -0.760. The molecule has 0 unspecified atom stereocenters. The predicted molar refractivity (Wildman–Crippen MR) is 50.8 cm³/mol. The van der Waals surface area contributed by atoms with E-state index in [1.807, 2.05) is 6.07 Å². The van der Waals surface area contributed by atoms with Gasteiger partial charge in [0, 0.05) is 11.3 Å². The van der Waals surface area contributed by atoms with E-state index in [0.717, 1.165) is 18.5 Å². The molecule has 0 aliphatic rings. The van der Waals surface area contributed by atoms with Gasteiger partial charge in [0.1, 0.15) is 0 Å². The second kappa shape index (κ2) is 3.76. The van der Waals surface area contributed by atoms with E-state index in [9.17, 15) is 4.79 Å². The Morgan fingerprint density at radius 1 is 1.58 bits per heavy atom. The Kier molecular flexibility index (Phi) is 2.93. The Balaban J connectivity index is 3.13. The summed E-state index contributed by atoms with van der Waals surface area (Å²) < 4.78 is 0. The van der Waals surface area contributed by atoms with Gasteiger partial charge in [0.15, 0.2) is 0 Å². The third kappa shape index (κ3) is 1.89. The maximum atomic E-state index is 11.2. The molecule has 1 aromatic rings. The lowest BCUT2D eigenvalue weighted by atomic mass is 10.2. The van der Waals surface area contributed by atoms with Crippen LogP contribution in [-0.4, -0.2) is 4.98 Å². The standard InChI is InChI=1S/C9H12ClNO/c1-3-4-7-5-8(10)6(2)9(12)11-7/h5H,3-4H2,1-2H3,(H,11,12). The molecule has 12 heavy (non-hydrogen) atoms. The Morgan fingerprint density at radius 2 is 2.25 bits per heavy atom. The van der Waals surface area contributed by atoms with Gasteiger partial charge in [-0.15, -0.1) is 0 Å². The third-order valence-electron chi connectivity index (χ3n) is 1.79. The summed E-state index contributed by atoms with van der Waals surface area (Å²) in [7, 11) is 0. The van der Waals surface area contributed by atoms with Crippen molar-refractivity contribution in [3.05, 3.63) is 32.7 Å². The average Bonchev–Trinajstić information content (AvgIpc) is 2.01. The van der Waals surface area contributed by atoms with Crippen molar-refractivity contribution < 1.29 is 0 Å². The van der Waals surface area contributed by atoms with E-state index in [-0.39, 0.29) is 5.56 Å². The van der Waals surface area contributed by atoms with Crippen LogP contribution in [0.1, 0.15) is 24.6 Å². The minimum atomic E-state index is -0.0778. The summed E-state index contributed by atoms with van der Waals surface area (Å²) in [5.74, 6) is 0. The summed E-state index contributed by atoms with van der Waals surface area (Å²) in [6.07, 6.45) is 1.88. The highest BCUT2D eigenvalue weighted by Crippen LogP contribution is 2.11. The molecule has 66 valence electrons. The van der Waals surface area contributed by atoms with Crippen molar-refractivity contribution in [2.75, 3.05) is 0 Å². The van der Waals surface area contributed by atoms with E-state index in [2.05, 4.69) is 11.9 Å². The Morgan fingerprint density at radius 3 is 2.75 bits per heavy atom. The van der Waals surface area contributed by atoms with E-state index >= 15 is 0 Å². The topological polar surface area (TPSA) is 32.9 Å². The van der Waals surface area contributed by atoms with Crippen LogP contribution in [0.4, 0.5) is 0 Å². The number of H-pyrrole nitrogens is 1. The lowest BCUT2D eigenvalue weighted by Crippen LogP contribution is -2.12. The third-order valence-corrected chi connectivity index (χ3v) is 2.19. The van der Waals surface area contributed by atoms with Gasteiger partial charge in [0.05, 0.1) is 5.02 Å². The van der Waals surface area contributed by atoms with E-state index < -0.39 is 0 Å². The van der Waals surface area contributed by atoms with Crippen molar-refractivity contribution in [2.45, 2.75) is 26.7 Å². The summed E-state index contributed by atoms with van der Waals surface area (Å²) in [4.78, 5) is 14.0. The van der Waals surface area contributed by atoms with Crippen molar-refractivity contribution in [3.63, 3.8) is 0 Å². The lowest BCUT2D eigenvalue weighted by Gasteiger charge is -2.01. The maximum Gasteiger partial charge on any atom is 0.252 e. The molecule has 1 rings (SSSR count). The molecule has 0 saturated heterocycles. The van der Waals surface area contributed by atoms with Gasteiger partial charge in [-0.1, -0.05) is 24.9 Å². The van der Waals surface area contributed by atoms with Gasteiger partial charge in [-0.25, -0.2) is 0 Å². The fourth-order valence-electron chi connectivity index (χ4n) is 1.05. The number of nitrogens with one attached hydrogen (secondary N) is 1.